The number of carbonyl (C=O) groups excluding carboxylic acids is 2. The maximum atomic E-state index is 12.1. The molecule has 2 N–H and O–H groups in total. The lowest BCUT2D eigenvalue weighted by Crippen LogP contribution is -2.42. The highest BCUT2D eigenvalue weighted by atomic mass is 16.4. The van der Waals surface area contributed by atoms with Gasteiger partial charge in [-0.15, -0.1) is 0 Å². The summed E-state index contributed by atoms with van der Waals surface area (Å²) >= 11 is 0. The Kier molecular flexibility index (Phi) is 5.31. The first kappa shape index (κ1) is 15.7. The van der Waals surface area contributed by atoms with Crippen molar-refractivity contribution >= 4 is 17.8 Å². The molecule has 110 valence electrons. The molecule has 0 bridgehead atoms. The van der Waals surface area contributed by atoms with Gasteiger partial charge in [-0.25, -0.2) is 4.79 Å². The number of furan rings is 1. The lowest BCUT2D eigenvalue weighted by atomic mass is 10.3. The molecule has 0 aliphatic carbocycles. The molecule has 2 amide bonds. The van der Waals surface area contributed by atoms with Crippen LogP contribution < -0.4 is 5.32 Å². The highest BCUT2D eigenvalue weighted by Crippen LogP contribution is 2.10. The molecule has 7 nitrogen and oxygen atoms in total. The Balaban J connectivity index is 2.75. The fourth-order valence-electron chi connectivity index (χ4n) is 1.58. The smallest absolute Gasteiger partial charge is 0.338 e. The molecule has 1 aromatic heterocycles. The van der Waals surface area contributed by atoms with Gasteiger partial charge in [-0.2, -0.15) is 0 Å². The molecule has 0 aliphatic rings. The van der Waals surface area contributed by atoms with Gasteiger partial charge in [0.05, 0.1) is 12.1 Å². The summed E-state index contributed by atoms with van der Waals surface area (Å²) in [6.45, 7) is 5.58. The number of nitrogens with zero attached hydrogens (tertiary/aromatic N) is 1. The third kappa shape index (κ3) is 4.11. The van der Waals surface area contributed by atoms with E-state index in [9.17, 15) is 14.4 Å². The predicted octanol–water partition coefficient (Wildman–Crippen LogP) is 0.964. The van der Waals surface area contributed by atoms with Crippen molar-refractivity contribution in [2.24, 2.45) is 0 Å². The minimum Gasteiger partial charge on any atom is -0.478 e. The van der Waals surface area contributed by atoms with Crippen LogP contribution in [0.4, 0.5) is 0 Å². The third-order valence-corrected chi connectivity index (χ3v) is 2.51. The molecular weight excluding hydrogens is 264 g/mol. The average Bonchev–Trinajstić information content (AvgIpc) is 2.83. The van der Waals surface area contributed by atoms with Gasteiger partial charge in [-0.05, 0) is 20.8 Å². The molecule has 7 heteroatoms. The van der Waals surface area contributed by atoms with Crippen LogP contribution in [0.25, 0.3) is 0 Å². The normalized spacial score (nSPS) is 10.4. The summed E-state index contributed by atoms with van der Waals surface area (Å²) in [6.07, 6.45) is 0.998. The van der Waals surface area contributed by atoms with E-state index in [1.807, 2.05) is 13.8 Å². The second kappa shape index (κ2) is 6.74. The minimum atomic E-state index is -1.17. The minimum absolute atomic E-state index is 0.0152. The van der Waals surface area contributed by atoms with Crippen molar-refractivity contribution in [3.8, 4) is 0 Å². The zero-order valence-electron chi connectivity index (χ0n) is 11.7. The van der Waals surface area contributed by atoms with Crippen LogP contribution in [0.15, 0.2) is 16.7 Å². The van der Waals surface area contributed by atoms with Crippen LogP contribution in [0.2, 0.25) is 0 Å². The molecule has 20 heavy (non-hydrogen) atoms. The van der Waals surface area contributed by atoms with E-state index in [1.54, 1.807) is 6.92 Å². The Morgan fingerprint density at radius 1 is 1.40 bits per heavy atom. The Morgan fingerprint density at radius 3 is 2.50 bits per heavy atom. The first-order chi connectivity index (χ1) is 9.35. The summed E-state index contributed by atoms with van der Waals surface area (Å²) < 4.78 is 4.93. The Hall–Kier alpha value is -2.31. The standard InChI is InChI=1S/C13H18N2O5/c1-4-15(6-11(16)14-8(2)3)12(17)10-5-9(7-20-10)13(18)19/h5,7-8H,4,6H2,1-3H3,(H,14,16)(H,18,19). The Labute approximate surface area is 116 Å². The number of amides is 2. The number of hydrogen-bond acceptors (Lipinski definition) is 4. The van der Waals surface area contributed by atoms with Gasteiger partial charge in [-0.1, -0.05) is 0 Å². The summed E-state index contributed by atoms with van der Waals surface area (Å²) in [7, 11) is 0. The molecule has 0 saturated carbocycles. The number of rotatable bonds is 6. The first-order valence-electron chi connectivity index (χ1n) is 6.25. The van der Waals surface area contributed by atoms with Gasteiger partial charge in [0.1, 0.15) is 6.26 Å². The SMILES string of the molecule is CCN(CC(=O)NC(C)C)C(=O)c1cc(C(=O)O)co1. The summed E-state index contributed by atoms with van der Waals surface area (Å²) in [5, 5.41) is 11.5. The van der Waals surface area contributed by atoms with E-state index < -0.39 is 11.9 Å². The molecule has 0 spiro atoms. The summed E-state index contributed by atoms with van der Waals surface area (Å²) in [5.74, 6) is -2.06. The van der Waals surface area contributed by atoms with Crippen molar-refractivity contribution in [2.75, 3.05) is 13.1 Å². The quantitative estimate of drug-likeness (QED) is 0.809. The summed E-state index contributed by atoms with van der Waals surface area (Å²) in [6, 6.07) is 1.13. The summed E-state index contributed by atoms with van der Waals surface area (Å²) in [4.78, 5) is 35.7. The summed E-state index contributed by atoms with van der Waals surface area (Å²) in [5.41, 5.74) is -0.101. The van der Waals surface area contributed by atoms with Gasteiger partial charge in [-0.3, -0.25) is 9.59 Å². The van der Waals surface area contributed by atoms with Crippen LogP contribution in [0.1, 0.15) is 41.7 Å². The second-order valence-corrected chi connectivity index (χ2v) is 4.55. The van der Waals surface area contributed by atoms with Gasteiger partial charge in [0, 0.05) is 18.7 Å². The maximum absolute atomic E-state index is 12.1. The number of carbonyl (C=O) groups is 3. The van der Waals surface area contributed by atoms with Crippen molar-refractivity contribution in [1.29, 1.82) is 0 Å². The highest BCUT2D eigenvalue weighted by molar-refractivity contribution is 5.97. The van der Waals surface area contributed by atoms with Crippen LogP contribution in [0.3, 0.4) is 0 Å². The van der Waals surface area contributed by atoms with Crippen molar-refractivity contribution in [2.45, 2.75) is 26.8 Å². The Morgan fingerprint density at radius 2 is 2.05 bits per heavy atom. The van der Waals surface area contributed by atoms with Crippen LogP contribution in [-0.4, -0.2) is 46.9 Å². The topological polar surface area (TPSA) is 99.9 Å². The van der Waals surface area contributed by atoms with Crippen molar-refractivity contribution < 1.29 is 23.9 Å². The molecular formula is C13H18N2O5. The molecule has 0 aliphatic heterocycles. The van der Waals surface area contributed by atoms with Crippen LogP contribution in [-0.2, 0) is 4.79 Å². The predicted molar refractivity (Wildman–Crippen MR) is 70.5 cm³/mol. The maximum Gasteiger partial charge on any atom is 0.338 e. The average molecular weight is 282 g/mol. The number of hydrogen-bond donors (Lipinski definition) is 2. The van der Waals surface area contributed by atoms with Crippen molar-refractivity contribution in [3.63, 3.8) is 0 Å². The van der Waals surface area contributed by atoms with E-state index in [-0.39, 0.29) is 29.8 Å². The van der Waals surface area contributed by atoms with E-state index in [1.165, 1.54) is 4.90 Å². The highest BCUT2D eigenvalue weighted by Gasteiger charge is 2.21. The lowest BCUT2D eigenvalue weighted by Gasteiger charge is -2.19. The molecule has 1 heterocycles. The Bertz CT molecular complexity index is 507. The van der Waals surface area contributed by atoms with Crippen LogP contribution in [0, 0.1) is 0 Å². The second-order valence-electron chi connectivity index (χ2n) is 4.55. The van der Waals surface area contributed by atoms with E-state index in [0.29, 0.717) is 6.54 Å². The van der Waals surface area contributed by atoms with Crippen LogP contribution >= 0.6 is 0 Å². The third-order valence-electron chi connectivity index (χ3n) is 2.51. The van der Waals surface area contributed by atoms with Gasteiger partial charge in [0.2, 0.25) is 5.91 Å². The van der Waals surface area contributed by atoms with E-state index in [0.717, 1.165) is 12.3 Å². The first-order valence-corrected chi connectivity index (χ1v) is 6.25. The number of likely N-dealkylation sites (N-methyl/N-ethyl adjacent to an activating group) is 1. The molecule has 0 atom stereocenters. The molecule has 1 rings (SSSR count). The zero-order valence-corrected chi connectivity index (χ0v) is 11.7. The van der Waals surface area contributed by atoms with Gasteiger partial charge in [0.15, 0.2) is 5.76 Å². The molecule has 0 fully saturated rings. The van der Waals surface area contributed by atoms with E-state index in [4.69, 9.17) is 9.52 Å². The fourth-order valence-corrected chi connectivity index (χ4v) is 1.58. The molecule has 0 radical (unpaired) electrons. The molecule has 0 aromatic carbocycles. The van der Waals surface area contributed by atoms with Crippen molar-refractivity contribution in [3.05, 3.63) is 23.7 Å². The number of nitrogens with one attached hydrogen (secondary N) is 1. The zero-order chi connectivity index (χ0) is 15.3. The lowest BCUT2D eigenvalue weighted by molar-refractivity contribution is -0.122. The van der Waals surface area contributed by atoms with Gasteiger partial charge >= 0.3 is 5.97 Å². The van der Waals surface area contributed by atoms with Gasteiger partial charge < -0.3 is 19.7 Å². The molecule has 0 saturated heterocycles. The van der Waals surface area contributed by atoms with E-state index in [2.05, 4.69) is 5.32 Å². The molecule has 1 aromatic rings. The number of carboxylic acid groups (broad SMARTS) is 1. The largest absolute Gasteiger partial charge is 0.478 e. The van der Waals surface area contributed by atoms with E-state index >= 15 is 0 Å². The number of carboxylic acids is 1. The fraction of sp³-hybridized carbons (Fsp3) is 0.462. The van der Waals surface area contributed by atoms with Crippen LogP contribution in [0.5, 0.6) is 0 Å². The van der Waals surface area contributed by atoms with Crippen molar-refractivity contribution in [1.82, 2.24) is 10.2 Å². The number of aromatic carboxylic acids is 1. The van der Waals surface area contributed by atoms with Gasteiger partial charge in [0.25, 0.3) is 5.91 Å². The monoisotopic (exact) mass is 282 g/mol. The molecule has 0 unspecified atom stereocenters.